The van der Waals surface area contributed by atoms with Crippen LogP contribution in [0.4, 0.5) is 5.69 Å². The van der Waals surface area contributed by atoms with Gasteiger partial charge >= 0.3 is 0 Å². The van der Waals surface area contributed by atoms with Crippen molar-refractivity contribution in [3.63, 3.8) is 0 Å². The van der Waals surface area contributed by atoms with Crippen molar-refractivity contribution < 1.29 is 4.43 Å². The number of nitrogens with two attached hydrogens (primary N) is 1. The third kappa shape index (κ3) is 2.78. The highest BCUT2D eigenvalue weighted by Gasteiger charge is 2.17. The molecule has 0 radical (unpaired) electrons. The van der Waals surface area contributed by atoms with E-state index in [1.165, 1.54) is 0 Å². The number of rotatable bonds is 2. The molecule has 0 aliphatic heterocycles. The van der Waals surface area contributed by atoms with E-state index in [2.05, 4.69) is 25.7 Å². The van der Waals surface area contributed by atoms with Gasteiger partial charge in [0.15, 0.2) is 0 Å². The van der Waals surface area contributed by atoms with E-state index in [1.807, 2.05) is 0 Å². The molecule has 2 N–H and O–H groups in total. The molecule has 0 amide bonds. The summed E-state index contributed by atoms with van der Waals surface area (Å²) >= 11 is 0. The van der Waals surface area contributed by atoms with Gasteiger partial charge in [-0.3, -0.25) is 0 Å². The Hall–Kier alpha value is -1.47. The van der Waals surface area contributed by atoms with Crippen molar-refractivity contribution in [3.8, 4) is 11.8 Å². The standard InChI is InChI=1S/C10H14N2OSi/c1-14(2,3)13-10-6-8(7-11)4-5-9(10)12/h4-6H,12H2,1-3H3. The van der Waals surface area contributed by atoms with Crippen molar-refractivity contribution in [2.45, 2.75) is 19.6 Å². The van der Waals surface area contributed by atoms with Crippen molar-refractivity contribution >= 4 is 14.0 Å². The smallest absolute Gasteiger partial charge is 0.242 e. The van der Waals surface area contributed by atoms with Crippen LogP contribution in [-0.4, -0.2) is 8.32 Å². The fourth-order valence-electron chi connectivity index (χ4n) is 1.02. The van der Waals surface area contributed by atoms with E-state index < -0.39 is 8.32 Å². The first-order chi connectivity index (χ1) is 6.42. The number of nitrogen functional groups attached to an aromatic ring is 1. The summed E-state index contributed by atoms with van der Waals surface area (Å²) < 4.78 is 5.74. The Labute approximate surface area is 85.2 Å². The summed E-state index contributed by atoms with van der Waals surface area (Å²) in [4.78, 5) is 0. The molecule has 0 heterocycles. The molecule has 0 aliphatic rings. The van der Waals surface area contributed by atoms with Crippen LogP contribution in [0.15, 0.2) is 18.2 Å². The minimum atomic E-state index is -1.65. The topological polar surface area (TPSA) is 59.0 Å². The van der Waals surface area contributed by atoms with Crippen LogP contribution in [-0.2, 0) is 0 Å². The maximum absolute atomic E-state index is 8.72. The van der Waals surface area contributed by atoms with Crippen molar-refractivity contribution in [3.05, 3.63) is 23.8 Å². The number of hydrogen-bond acceptors (Lipinski definition) is 3. The zero-order valence-corrected chi connectivity index (χ0v) is 9.66. The lowest BCUT2D eigenvalue weighted by atomic mass is 10.2. The number of nitrogens with zero attached hydrogens (tertiary/aromatic N) is 1. The SMILES string of the molecule is C[Si](C)(C)Oc1cc(C#N)ccc1N. The molecule has 0 unspecified atom stereocenters. The lowest BCUT2D eigenvalue weighted by molar-refractivity contribution is 0.560. The Kier molecular flexibility index (Phi) is 2.82. The van der Waals surface area contributed by atoms with Gasteiger partial charge in [-0.05, 0) is 37.8 Å². The van der Waals surface area contributed by atoms with Crippen LogP contribution >= 0.6 is 0 Å². The molecular formula is C10H14N2OSi. The normalized spacial score (nSPS) is 10.7. The van der Waals surface area contributed by atoms with Gasteiger partial charge < -0.3 is 10.2 Å². The first kappa shape index (κ1) is 10.6. The Morgan fingerprint density at radius 1 is 1.36 bits per heavy atom. The average molecular weight is 206 g/mol. The number of anilines is 1. The minimum absolute atomic E-state index is 0.576. The number of hydrogen-bond donors (Lipinski definition) is 1. The van der Waals surface area contributed by atoms with Crippen LogP contribution in [0, 0.1) is 11.3 Å². The lowest BCUT2D eigenvalue weighted by Gasteiger charge is -2.20. The Morgan fingerprint density at radius 3 is 2.50 bits per heavy atom. The number of benzene rings is 1. The fraction of sp³-hybridized carbons (Fsp3) is 0.300. The third-order valence-electron chi connectivity index (χ3n) is 1.56. The molecule has 14 heavy (non-hydrogen) atoms. The van der Waals surface area contributed by atoms with Crippen LogP contribution in [0.1, 0.15) is 5.56 Å². The van der Waals surface area contributed by atoms with Crippen molar-refractivity contribution in [2.24, 2.45) is 0 Å². The largest absolute Gasteiger partial charge is 0.543 e. The Morgan fingerprint density at radius 2 is 2.00 bits per heavy atom. The van der Waals surface area contributed by atoms with Gasteiger partial charge in [-0.25, -0.2) is 0 Å². The van der Waals surface area contributed by atoms with E-state index in [9.17, 15) is 0 Å². The van der Waals surface area contributed by atoms with Crippen molar-refractivity contribution in [1.29, 1.82) is 5.26 Å². The highest BCUT2D eigenvalue weighted by molar-refractivity contribution is 6.70. The van der Waals surface area contributed by atoms with E-state index in [1.54, 1.807) is 18.2 Å². The van der Waals surface area contributed by atoms with Crippen molar-refractivity contribution in [1.82, 2.24) is 0 Å². The predicted octanol–water partition coefficient (Wildman–Crippen LogP) is 2.35. The maximum atomic E-state index is 8.72. The molecule has 0 atom stereocenters. The van der Waals surface area contributed by atoms with Crippen LogP contribution in [0.3, 0.4) is 0 Å². The highest BCUT2D eigenvalue weighted by Crippen LogP contribution is 2.25. The van der Waals surface area contributed by atoms with E-state index in [0.717, 1.165) is 0 Å². The molecule has 0 aliphatic carbocycles. The van der Waals surface area contributed by atoms with Crippen LogP contribution in [0.5, 0.6) is 5.75 Å². The van der Waals surface area contributed by atoms with Gasteiger partial charge in [0.2, 0.25) is 8.32 Å². The van der Waals surface area contributed by atoms with Gasteiger partial charge in [0.25, 0.3) is 0 Å². The predicted molar refractivity (Wildman–Crippen MR) is 59.5 cm³/mol. The van der Waals surface area contributed by atoms with Gasteiger partial charge in [-0.15, -0.1) is 0 Å². The molecule has 1 aromatic rings. The summed E-state index contributed by atoms with van der Waals surface area (Å²) in [5.41, 5.74) is 6.90. The third-order valence-corrected chi connectivity index (χ3v) is 2.39. The molecular weight excluding hydrogens is 192 g/mol. The maximum Gasteiger partial charge on any atom is 0.242 e. The molecule has 74 valence electrons. The van der Waals surface area contributed by atoms with E-state index in [-0.39, 0.29) is 0 Å². The van der Waals surface area contributed by atoms with Crippen LogP contribution in [0.2, 0.25) is 19.6 Å². The summed E-state index contributed by atoms with van der Waals surface area (Å²) in [6, 6.07) is 7.14. The van der Waals surface area contributed by atoms with Gasteiger partial charge in [0.05, 0.1) is 17.3 Å². The summed E-state index contributed by atoms with van der Waals surface area (Å²) in [6.45, 7) is 6.22. The van der Waals surface area contributed by atoms with E-state index in [4.69, 9.17) is 15.4 Å². The minimum Gasteiger partial charge on any atom is -0.543 e. The molecule has 0 spiro atoms. The van der Waals surface area contributed by atoms with Gasteiger partial charge in [0.1, 0.15) is 5.75 Å². The second kappa shape index (κ2) is 3.72. The van der Waals surface area contributed by atoms with E-state index >= 15 is 0 Å². The van der Waals surface area contributed by atoms with Gasteiger partial charge in [-0.1, -0.05) is 0 Å². The zero-order chi connectivity index (χ0) is 10.8. The molecule has 0 saturated carbocycles. The van der Waals surface area contributed by atoms with Gasteiger partial charge in [-0.2, -0.15) is 5.26 Å². The summed E-state index contributed by atoms with van der Waals surface area (Å²) in [5, 5.41) is 8.72. The summed E-state index contributed by atoms with van der Waals surface area (Å²) in [7, 11) is -1.65. The molecule has 4 heteroatoms. The highest BCUT2D eigenvalue weighted by atomic mass is 28.4. The van der Waals surface area contributed by atoms with Crippen LogP contribution < -0.4 is 10.2 Å². The molecule has 3 nitrogen and oxygen atoms in total. The molecule has 1 aromatic carbocycles. The second-order valence-corrected chi connectivity index (χ2v) is 8.51. The van der Waals surface area contributed by atoms with Crippen LogP contribution in [0.25, 0.3) is 0 Å². The second-order valence-electron chi connectivity index (χ2n) is 4.08. The Bertz CT molecular complexity index is 377. The molecule has 0 fully saturated rings. The average Bonchev–Trinajstić information content (AvgIpc) is 2.06. The van der Waals surface area contributed by atoms with E-state index in [0.29, 0.717) is 17.0 Å². The zero-order valence-electron chi connectivity index (χ0n) is 8.66. The lowest BCUT2D eigenvalue weighted by Crippen LogP contribution is -2.29. The summed E-state index contributed by atoms with van der Waals surface area (Å²) in [6.07, 6.45) is 0. The monoisotopic (exact) mass is 206 g/mol. The molecule has 0 bridgehead atoms. The summed E-state index contributed by atoms with van der Waals surface area (Å²) in [5.74, 6) is 0.628. The quantitative estimate of drug-likeness (QED) is 0.597. The molecule has 1 rings (SSSR count). The Balaban J connectivity index is 3.03. The molecule has 0 saturated heterocycles. The number of nitriles is 1. The van der Waals surface area contributed by atoms with Crippen molar-refractivity contribution in [2.75, 3.05) is 5.73 Å². The molecule has 0 aromatic heterocycles. The first-order valence-electron chi connectivity index (χ1n) is 4.41. The fourth-order valence-corrected chi connectivity index (χ4v) is 1.86. The first-order valence-corrected chi connectivity index (χ1v) is 7.82. The van der Waals surface area contributed by atoms with Gasteiger partial charge in [0, 0.05) is 0 Å².